The lowest BCUT2D eigenvalue weighted by Crippen LogP contribution is -2.53. The van der Waals surface area contributed by atoms with E-state index in [0.29, 0.717) is 19.6 Å². The van der Waals surface area contributed by atoms with Crippen molar-refractivity contribution in [3.05, 3.63) is 77.9 Å². The van der Waals surface area contributed by atoms with Crippen LogP contribution in [-0.2, 0) is 16.1 Å². The number of nitrogens with zero attached hydrogens (tertiary/aromatic N) is 1. The first kappa shape index (κ1) is 14.5. The van der Waals surface area contributed by atoms with Gasteiger partial charge in [-0.2, -0.15) is 0 Å². The minimum absolute atomic E-state index is 0.104. The third-order valence-electron chi connectivity index (χ3n) is 3.71. The quantitative estimate of drug-likeness (QED) is 0.763. The summed E-state index contributed by atoms with van der Waals surface area (Å²) < 4.78 is 5.77. The van der Waals surface area contributed by atoms with Crippen LogP contribution in [0.15, 0.2) is 66.7 Å². The van der Waals surface area contributed by atoms with Gasteiger partial charge in [-0.15, -0.1) is 0 Å². The number of amides is 1. The SMILES string of the molecule is O=C1CC(OC/C=C/c2ccccc2)N1Cc1ccccc1. The molecule has 1 fully saturated rings. The maximum atomic E-state index is 11.7. The summed E-state index contributed by atoms with van der Waals surface area (Å²) in [7, 11) is 0. The Labute approximate surface area is 130 Å². The smallest absolute Gasteiger partial charge is 0.229 e. The van der Waals surface area contributed by atoms with Gasteiger partial charge in [0.2, 0.25) is 5.91 Å². The van der Waals surface area contributed by atoms with E-state index in [2.05, 4.69) is 0 Å². The van der Waals surface area contributed by atoms with Crippen LogP contribution < -0.4 is 0 Å². The minimum Gasteiger partial charge on any atom is -0.354 e. The molecule has 3 nitrogen and oxygen atoms in total. The molecule has 3 rings (SSSR count). The number of benzene rings is 2. The molecule has 1 amide bonds. The number of rotatable bonds is 6. The normalized spacial score (nSPS) is 17.7. The van der Waals surface area contributed by atoms with E-state index in [9.17, 15) is 4.79 Å². The van der Waals surface area contributed by atoms with Crippen LogP contribution >= 0.6 is 0 Å². The van der Waals surface area contributed by atoms with Gasteiger partial charge in [0.05, 0.1) is 13.0 Å². The number of carbonyl (C=O) groups excluding carboxylic acids is 1. The number of hydrogen-bond donors (Lipinski definition) is 0. The zero-order valence-electron chi connectivity index (χ0n) is 12.4. The van der Waals surface area contributed by atoms with Crippen LogP contribution in [0.2, 0.25) is 0 Å². The molecule has 1 aliphatic heterocycles. The second-order valence-corrected chi connectivity index (χ2v) is 5.31. The highest BCUT2D eigenvalue weighted by molar-refractivity contribution is 5.82. The summed E-state index contributed by atoms with van der Waals surface area (Å²) in [6.07, 6.45) is 4.39. The lowest BCUT2D eigenvalue weighted by Gasteiger charge is -2.39. The summed E-state index contributed by atoms with van der Waals surface area (Å²) in [6.45, 7) is 1.13. The Balaban J connectivity index is 1.48. The van der Waals surface area contributed by atoms with Gasteiger partial charge in [0, 0.05) is 6.54 Å². The second-order valence-electron chi connectivity index (χ2n) is 5.31. The van der Waals surface area contributed by atoms with Gasteiger partial charge >= 0.3 is 0 Å². The molecule has 1 unspecified atom stereocenters. The molecule has 1 heterocycles. The second kappa shape index (κ2) is 7.05. The molecular formula is C19H19NO2. The van der Waals surface area contributed by atoms with Gasteiger partial charge in [-0.05, 0) is 11.1 Å². The highest BCUT2D eigenvalue weighted by Gasteiger charge is 2.36. The average Bonchev–Trinajstić information content (AvgIpc) is 2.57. The largest absolute Gasteiger partial charge is 0.354 e. The van der Waals surface area contributed by atoms with E-state index in [1.165, 1.54) is 0 Å². The van der Waals surface area contributed by atoms with Crippen LogP contribution in [0.5, 0.6) is 0 Å². The van der Waals surface area contributed by atoms with Gasteiger partial charge in [-0.1, -0.05) is 72.8 Å². The zero-order valence-corrected chi connectivity index (χ0v) is 12.4. The molecular weight excluding hydrogens is 274 g/mol. The molecule has 112 valence electrons. The Morgan fingerprint density at radius 1 is 1.05 bits per heavy atom. The fourth-order valence-corrected chi connectivity index (χ4v) is 2.46. The lowest BCUT2D eigenvalue weighted by molar-refractivity contribution is -0.173. The van der Waals surface area contributed by atoms with Crippen LogP contribution in [0.4, 0.5) is 0 Å². The van der Waals surface area contributed by atoms with Crippen molar-refractivity contribution in [3.63, 3.8) is 0 Å². The Morgan fingerprint density at radius 3 is 2.41 bits per heavy atom. The lowest BCUT2D eigenvalue weighted by atomic mass is 10.1. The summed E-state index contributed by atoms with van der Waals surface area (Å²) in [5.74, 6) is 0.154. The molecule has 0 aromatic heterocycles. The van der Waals surface area contributed by atoms with E-state index in [-0.39, 0.29) is 12.1 Å². The van der Waals surface area contributed by atoms with Gasteiger partial charge < -0.3 is 9.64 Å². The van der Waals surface area contributed by atoms with Gasteiger partial charge in [-0.25, -0.2) is 0 Å². The van der Waals surface area contributed by atoms with Crippen LogP contribution in [0.3, 0.4) is 0 Å². The maximum Gasteiger partial charge on any atom is 0.229 e. The molecule has 0 aliphatic carbocycles. The van der Waals surface area contributed by atoms with Crippen molar-refractivity contribution in [2.45, 2.75) is 19.2 Å². The Kier molecular flexibility index (Phi) is 4.66. The molecule has 2 aromatic rings. The summed E-state index contributed by atoms with van der Waals surface area (Å²) in [5.41, 5.74) is 2.28. The van der Waals surface area contributed by atoms with Crippen molar-refractivity contribution in [2.75, 3.05) is 6.61 Å². The van der Waals surface area contributed by atoms with Crippen LogP contribution in [-0.4, -0.2) is 23.6 Å². The topological polar surface area (TPSA) is 29.5 Å². The van der Waals surface area contributed by atoms with Crippen LogP contribution in [0, 0.1) is 0 Å². The molecule has 0 spiro atoms. The fourth-order valence-electron chi connectivity index (χ4n) is 2.46. The molecule has 2 aromatic carbocycles. The predicted molar refractivity (Wildman–Crippen MR) is 86.8 cm³/mol. The van der Waals surface area contributed by atoms with E-state index in [1.807, 2.05) is 72.8 Å². The van der Waals surface area contributed by atoms with Gasteiger partial charge in [0.15, 0.2) is 0 Å². The van der Waals surface area contributed by atoms with E-state index in [1.54, 1.807) is 4.90 Å². The number of β-lactam (4-membered cyclic amide) rings is 1. The highest BCUT2D eigenvalue weighted by Crippen LogP contribution is 2.23. The number of carbonyl (C=O) groups is 1. The van der Waals surface area contributed by atoms with Gasteiger partial charge in [-0.3, -0.25) is 4.79 Å². The Morgan fingerprint density at radius 2 is 1.73 bits per heavy atom. The molecule has 0 N–H and O–H groups in total. The average molecular weight is 293 g/mol. The summed E-state index contributed by atoms with van der Waals surface area (Å²) in [4.78, 5) is 13.5. The summed E-state index contributed by atoms with van der Waals surface area (Å²) >= 11 is 0. The van der Waals surface area contributed by atoms with E-state index in [4.69, 9.17) is 4.74 Å². The third kappa shape index (κ3) is 3.62. The molecule has 1 saturated heterocycles. The summed E-state index contributed by atoms with van der Waals surface area (Å²) in [5, 5.41) is 0. The van der Waals surface area contributed by atoms with E-state index < -0.39 is 0 Å². The molecule has 1 atom stereocenters. The van der Waals surface area contributed by atoms with Crippen molar-refractivity contribution in [3.8, 4) is 0 Å². The first-order valence-electron chi connectivity index (χ1n) is 7.49. The zero-order chi connectivity index (χ0) is 15.2. The molecule has 0 saturated carbocycles. The highest BCUT2D eigenvalue weighted by atomic mass is 16.5. The number of ether oxygens (including phenoxy) is 1. The van der Waals surface area contributed by atoms with E-state index in [0.717, 1.165) is 11.1 Å². The monoisotopic (exact) mass is 293 g/mol. The van der Waals surface area contributed by atoms with Crippen molar-refractivity contribution in [1.29, 1.82) is 0 Å². The minimum atomic E-state index is -0.104. The summed E-state index contributed by atoms with van der Waals surface area (Å²) in [6, 6.07) is 20.1. The Hall–Kier alpha value is -2.39. The maximum absolute atomic E-state index is 11.7. The van der Waals surface area contributed by atoms with Crippen molar-refractivity contribution >= 4 is 12.0 Å². The first-order valence-corrected chi connectivity index (χ1v) is 7.49. The molecule has 22 heavy (non-hydrogen) atoms. The van der Waals surface area contributed by atoms with Crippen molar-refractivity contribution in [2.24, 2.45) is 0 Å². The predicted octanol–water partition coefficient (Wildman–Crippen LogP) is 3.48. The molecule has 0 bridgehead atoms. The standard InChI is InChI=1S/C19H19NO2/c21-18-14-19(20(18)15-17-10-5-2-6-11-17)22-13-7-12-16-8-3-1-4-9-16/h1-12,19H,13-15H2/b12-7+. The van der Waals surface area contributed by atoms with Gasteiger partial charge in [0.1, 0.15) is 6.23 Å². The first-order chi connectivity index (χ1) is 10.8. The van der Waals surface area contributed by atoms with Crippen molar-refractivity contribution < 1.29 is 9.53 Å². The fraction of sp³-hybridized carbons (Fsp3) is 0.211. The Bertz CT molecular complexity index is 637. The molecule has 0 radical (unpaired) electrons. The third-order valence-corrected chi connectivity index (χ3v) is 3.71. The molecule has 3 heteroatoms. The van der Waals surface area contributed by atoms with Crippen molar-refractivity contribution in [1.82, 2.24) is 4.90 Å². The number of likely N-dealkylation sites (tertiary alicyclic amines) is 1. The molecule has 1 aliphatic rings. The number of hydrogen-bond acceptors (Lipinski definition) is 2. The van der Waals surface area contributed by atoms with Gasteiger partial charge in [0.25, 0.3) is 0 Å². The van der Waals surface area contributed by atoms with E-state index >= 15 is 0 Å². The van der Waals surface area contributed by atoms with Crippen LogP contribution in [0.25, 0.3) is 6.08 Å². The van der Waals surface area contributed by atoms with Crippen LogP contribution in [0.1, 0.15) is 17.5 Å².